The van der Waals surface area contributed by atoms with Gasteiger partial charge in [-0.25, -0.2) is 5.01 Å². The zero-order valence-corrected chi connectivity index (χ0v) is 9.99. The number of rotatable bonds is 3. The molecule has 0 radical (unpaired) electrons. The molecule has 1 heterocycles. The molecule has 1 aliphatic heterocycles. The number of hydrogen-bond donors (Lipinski definition) is 0. The van der Waals surface area contributed by atoms with Crippen LogP contribution in [-0.4, -0.2) is 41.8 Å². The highest BCUT2D eigenvalue weighted by Gasteiger charge is 2.40. The smallest absolute Gasteiger partial charge is 0.238 e. The minimum atomic E-state index is 0.0837. The van der Waals surface area contributed by atoms with Crippen LogP contribution in [0.25, 0.3) is 0 Å². The summed E-state index contributed by atoms with van der Waals surface area (Å²) in [5.41, 5.74) is 0.0837. The van der Waals surface area contributed by atoms with E-state index in [1.54, 1.807) is 5.01 Å². The van der Waals surface area contributed by atoms with Crippen LogP contribution in [0.15, 0.2) is 0 Å². The summed E-state index contributed by atoms with van der Waals surface area (Å²) >= 11 is 0. The Morgan fingerprint density at radius 2 is 2.07 bits per heavy atom. The molecule has 1 saturated heterocycles. The normalized spacial score (nSPS) is 23.6. The van der Waals surface area contributed by atoms with Crippen molar-refractivity contribution in [2.45, 2.75) is 39.7 Å². The number of hydrogen-bond acceptors (Lipinski definition) is 3. The molecule has 0 bridgehead atoms. The first-order valence-electron chi connectivity index (χ1n) is 5.34. The van der Waals surface area contributed by atoms with Crippen LogP contribution in [0.4, 0.5) is 0 Å². The van der Waals surface area contributed by atoms with Gasteiger partial charge in [-0.3, -0.25) is 9.80 Å². The minimum Gasteiger partial charge on any atom is -0.303 e. The molecule has 1 rings (SSSR count). The standard InChI is InChI=1S/C11H20N2O2/c1-11(2,3)9-8-10(15)13(12(9)4)6-5-7-14/h7,9H,5-6,8H2,1-4H3. The molecule has 86 valence electrons. The van der Waals surface area contributed by atoms with Gasteiger partial charge < -0.3 is 4.79 Å². The fourth-order valence-electron chi connectivity index (χ4n) is 2.07. The third kappa shape index (κ3) is 2.56. The van der Waals surface area contributed by atoms with Crippen LogP contribution in [0, 0.1) is 5.41 Å². The molecule has 0 aromatic carbocycles. The summed E-state index contributed by atoms with van der Waals surface area (Å²) in [4.78, 5) is 22.0. The molecule has 0 aliphatic carbocycles. The largest absolute Gasteiger partial charge is 0.303 e. The highest BCUT2D eigenvalue weighted by molar-refractivity contribution is 5.78. The van der Waals surface area contributed by atoms with Gasteiger partial charge in [-0.15, -0.1) is 0 Å². The van der Waals surface area contributed by atoms with Crippen LogP contribution in [-0.2, 0) is 9.59 Å². The minimum absolute atomic E-state index is 0.0837. The van der Waals surface area contributed by atoms with E-state index >= 15 is 0 Å². The summed E-state index contributed by atoms with van der Waals surface area (Å²) in [5, 5.41) is 3.66. The van der Waals surface area contributed by atoms with Crippen LogP contribution in [0.2, 0.25) is 0 Å². The van der Waals surface area contributed by atoms with Crippen LogP contribution >= 0.6 is 0 Å². The summed E-state index contributed by atoms with van der Waals surface area (Å²) in [6.45, 7) is 6.89. The van der Waals surface area contributed by atoms with Gasteiger partial charge in [0.15, 0.2) is 0 Å². The fraction of sp³-hybridized carbons (Fsp3) is 0.818. The second-order valence-corrected chi connectivity index (χ2v) is 5.13. The zero-order valence-electron chi connectivity index (χ0n) is 9.99. The Labute approximate surface area is 91.2 Å². The molecular weight excluding hydrogens is 192 g/mol. The van der Waals surface area contributed by atoms with Gasteiger partial charge in [0.2, 0.25) is 5.91 Å². The van der Waals surface area contributed by atoms with Crippen molar-refractivity contribution in [2.24, 2.45) is 5.41 Å². The zero-order chi connectivity index (χ0) is 11.6. The van der Waals surface area contributed by atoms with Crippen LogP contribution in [0.1, 0.15) is 33.6 Å². The molecule has 0 aromatic heterocycles. The van der Waals surface area contributed by atoms with E-state index in [4.69, 9.17) is 0 Å². The maximum Gasteiger partial charge on any atom is 0.238 e. The lowest BCUT2D eigenvalue weighted by atomic mass is 9.85. The Bertz CT molecular complexity index is 258. The highest BCUT2D eigenvalue weighted by Crippen LogP contribution is 2.32. The van der Waals surface area contributed by atoms with Crippen molar-refractivity contribution in [1.29, 1.82) is 0 Å². The third-order valence-electron chi connectivity index (χ3n) is 2.95. The van der Waals surface area contributed by atoms with Crippen molar-refractivity contribution in [3.05, 3.63) is 0 Å². The molecule has 1 amide bonds. The molecule has 15 heavy (non-hydrogen) atoms. The molecule has 0 aromatic rings. The van der Waals surface area contributed by atoms with Crippen molar-refractivity contribution in [3.63, 3.8) is 0 Å². The second kappa shape index (κ2) is 4.31. The summed E-state index contributed by atoms with van der Waals surface area (Å²) < 4.78 is 0. The van der Waals surface area contributed by atoms with Gasteiger partial charge in [-0.2, -0.15) is 0 Å². The number of carbonyl (C=O) groups is 2. The highest BCUT2D eigenvalue weighted by atomic mass is 16.2. The average molecular weight is 212 g/mol. The molecule has 4 heteroatoms. The van der Waals surface area contributed by atoms with E-state index in [0.717, 1.165) is 6.29 Å². The van der Waals surface area contributed by atoms with Gasteiger partial charge >= 0.3 is 0 Å². The lowest BCUT2D eigenvalue weighted by Crippen LogP contribution is -2.44. The fourth-order valence-corrected chi connectivity index (χ4v) is 2.07. The number of aldehydes is 1. The predicted molar refractivity (Wildman–Crippen MR) is 58.0 cm³/mol. The quantitative estimate of drug-likeness (QED) is 0.657. The average Bonchev–Trinajstić information content (AvgIpc) is 2.39. The molecule has 1 unspecified atom stereocenters. The summed E-state index contributed by atoms with van der Waals surface area (Å²) in [7, 11) is 1.92. The molecule has 1 aliphatic rings. The summed E-state index contributed by atoms with van der Waals surface area (Å²) in [6, 6.07) is 0.233. The van der Waals surface area contributed by atoms with Crippen molar-refractivity contribution < 1.29 is 9.59 Å². The third-order valence-corrected chi connectivity index (χ3v) is 2.95. The number of nitrogens with zero attached hydrogens (tertiary/aromatic N) is 2. The summed E-state index contributed by atoms with van der Waals surface area (Å²) in [6.07, 6.45) is 1.82. The van der Waals surface area contributed by atoms with Crippen LogP contribution in [0.5, 0.6) is 0 Å². The van der Waals surface area contributed by atoms with Crippen molar-refractivity contribution in [2.75, 3.05) is 13.6 Å². The van der Waals surface area contributed by atoms with E-state index in [1.807, 2.05) is 12.1 Å². The van der Waals surface area contributed by atoms with Gasteiger partial charge in [0.25, 0.3) is 0 Å². The monoisotopic (exact) mass is 212 g/mol. The van der Waals surface area contributed by atoms with Crippen LogP contribution < -0.4 is 0 Å². The number of amides is 1. The molecular formula is C11H20N2O2. The first-order chi connectivity index (χ1) is 6.88. The maximum atomic E-state index is 11.7. The van der Waals surface area contributed by atoms with Gasteiger partial charge in [-0.1, -0.05) is 20.8 Å². The Kier molecular flexibility index (Phi) is 3.50. The lowest BCUT2D eigenvalue weighted by Gasteiger charge is -2.35. The molecule has 0 N–H and O–H groups in total. The Balaban J connectivity index is 2.70. The topological polar surface area (TPSA) is 40.6 Å². The predicted octanol–water partition coefficient (Wildman–Crippen LogP) is 1.07. The summed E-state index contributed by atoms with van der Waals surface area (Å²) in [5.74, 6) is 0.124. The van der Waals surface area contributed by atoms with E-state index in [-0.39, 0.29) is 17.4 Å². The SMILES string of the molecule is CN1C(C(C)(C)C)CC(=O)N1CCC=O. The number of hydrazine groups is 1. The Hall–Kier alpha value is -0.900. The molecule has 4 nitrogen and oxygen atoms in total. The first kappa shape index (κ1) is 12.2. The second-order valence-electron chi connectivity index (χ2n) is 5.13. The van der Waals surface area contributed by atoms with E-state index in [1.165, 1.54) is 0 Å². The maximum absolute atomic E-state index is 11.7. The molecule has 0 saturated carbocycles. The van der Waals surface area contributed by atoms with E-state index < -0.39 is 0 Å². The van der Waals surface area contributed by atoms with Gasteiger partial charge in [0.05, 0.1) is 0 Å². The van der Waals surface area contributed by atoms with Crippen molar-refractivity contribution in [3.8, 4) is 0 Å². The van der Waals surface area contributed by atoms with Gasteiger partial charge in [-0.05, 0) is 5.41 Å². The van der Waals surface area contributed by atoms with Crippen LogP contribution in [0.3, 0.4) is 0 Å². The van der Waals surface area contributed by atoms with E-state index in [2.05, 4.69) is 20.8 Å². The molecule has 1 fully saturated rings. The van der Waals surface area contributed by atoms with Gasteiger partial charge in [0.1, 0.15) is 6.29 Å². The first-order valence-corrected chi connectivity index (χ1v) is 5.34. The Morgan fingerprint density at radius 3 is 2.47 bits per heavy atom. The lowest BCUT2D eigenvalue weighted by molar-refractivity contribution is -0.138. The number of carbonyl (C=O) groups excluding carboxylic acids is 2. The van der Waals surface area contributed by atoms with E-state index in [9.17, 15) is 9.59 Å². The van der Waals surface area contributed by atoms with Crippen molar-refractivity contribution in [1.82, 2.24) is 10.0 Å². The van der Waals surface area contributed by atoms with Gasteiger partial charge in [0, 0.05) is 32.5 Å². The molecule has 0 spiro atoms. The molecule has 1 atom stereocenters. The van der Waals surface area contributed by atoms with E-state index in [0.29, 0.717) is 19.4 Å². The Morgan fingerprint density at radius 1 is 1.47 bits per heavy atom. The van der Waals surface area contributed by atoms with Crippen molar-refractivity contribution >= 4 is 12.2 Å².